The van der Waals surface area contributed by atoms with Crippen molar-refractivity contribution >= 4 is 5.78 Å². The summed E-state index contributed by atoms with van der Waals surface area (Å²) in [6, 6.07) is 0. The van der Waals surface area contributed by atoms with Gasteiger partial charge >= 0.3 is 0 Å². The van der Waals surface area contributed by atoms with Crippen LogP contribution in [0.25, 0.3) is 11.4 Å². The zero-order valence-electron chi connectivity index (χ0n) is 10.9. The molecule has 1 unspecified atom stereocenters. The topological polar surface area (TPSA) is 73.8 Å². The minimum atomic E-state index is -0.222. The fourth-order valence-corrected chi connectivity index (χ4v) is 2.45. The van der Waals surface area contributed by atoms with Crippen molar-refractivity contribution in [1.82, 2.24) is 19.9 Å². The Morgan fingerprint density at radius 1 is 1.37 bits per heavy atom. The van der Waals surface area contributed by atoms with E-state index in [1.54, 1.807) is 10.9 Å². The molecular formula is C13H16N4O2. The number of aryl methyl sites for hydroxylation is 1. The summed E-state index contributed by atoms with van der Waals surface area (Å²) in [5.41, 5.74) is 0.804. The van der Waals surface area contributed by atoms with Crippen molar-refractivity contribution in [3.05, 3.63) is 18.3 Å². The Labute approximate surface area is 110 Å². The highest BCUT2D eigenvalue weighted by atomic mass is 16.5. The van der Waals surface area contributed by atoms with Gasteiger partial charge in [0.15, 0.2) is 0 Å². The van der Waals surface area contributed by atoms with Crippen molar-refractivity contribution in [2.45, 2.75) is 38.0 Å². The summed E-state index contributed by atoms with van der Waals surface area (Å²) >= 11 is 0. The van der Waals surface area contributed by atoms with Crippen LogP contribution in [0.5, 0.6) is 0 Å². The molecule has 0 saturated heterocycles. The van der Waals surface area contributed by atoms with Crippen LogP contribution < -0.4 is 0 Å². The van der Waals surface area contributed by atoms with Crippen molar-refractivity contribution < 1.29 is 9.32 Å². The molecule has 0 spiro atoms. The molecule has 2 heterocycles. The number of hydrogen-bond acceptors (Lipinski definition) is 5. The highest BCUT2D eigenvalue weighted by Gasteiger charge is 2.28. The van der Waals surface area contributed by atoms with Gasteiger partial charge in [0.1, 0.15) is 5.78 Å². The highest BCUT2D eigenvalue weighted by molar-refractivity contribution is 5.85. The van der Waals surface area contributed by atoms with Crippen molar-refractivity contribution in [3.63, 3.8) is 0 Å². The Morgan fingerprint density at radius 3 is 3.05 bits per heavy atom. The van der Waals surface area contributed by atoms with E-state index in [4.69, 9.17) is 4.52 Å². The summed E-state index contributed by atoms with van der Waals surface area (Å²) < 4.78 is 6.96. The van der Waals surface area contributed by atoms with Gasteiger partial charge in [0.05, 0.1) is 17.7 Å². The average Bonchev–Trinajstić information content (AvgIpc) is 2.97. The summed E-state index contributed by atoms with van der Waals surface area (Å²) in [6.07, 6.45) is 8.06. The van der Waals surface area contributed by atoms with Crippen LogP contribution in [0.2, 0.25) is 0 Å². The van der Waals surface area contributed by atoms with Gasteiger partial charge in [-0.2, -0.15) is 10.1 Å². The number of hydrogen-bond donors (Lipinski definition) is 0. The molecule has 2 aromatic rings. The zero-order chi connectivity index (χ0) is 13.2. The van der Waals surface area contributed by atoms with E-state index in [0.29, 0.717) is 18.1 Å². The molecule has 6 heteroatoms. The lowest BCUT2D eigenvalue weighted by Crippen LogP contribution is -2.10. The van der Waals surface area contributed by atoms with Crippen LogP contribution >= 0.6 is 0 Å². The number of rotatable bonds is 2. The number of Topliss-reactive ketones (excluding diaryl/α,β-unsaturated/α-hetero) is 1. The minimum absolute atomic E-state index is 0.221. The molecule has 1 atom stereocenters. The lowest BCUT2D eigenvalue weighted by atomic mass is 9.99. The summed E-state index contributed by atoms with van der Waals surface area (Å²) in [5.74, 6) is 0.949. The summed E-state index contributed by atoms with van der Waals surface area (Å²) in [7, 11) is 1.83. The normalized spacial score (nSPS) is 20.5. The monoisotopic (exact) mass is 260 g/mol. The molecule has 19 heavy (non-hydrogen) atoms. The summed E-state index contributed by atoms with van der Waals surface area (Å²) in [5, 5.41) is 8.02. The molecule has 0 amide bonds. The lowest BCUT2D eigenvalue weighted by molar-refractivity contribution is -0.120. The van der Waals surface area contributed by atoms with Crippen LogP contribution in [0.1, 0.15) is 43.9 Å². The predicted octanol–water partition coefficient (Wildman–Crippen LogP) is 2.09. The molecule has 1 aliphatic rings. The van der Waals surface area contributed by atoms with Crippen molar-refractivity contribution in [1.29, 1.82) is 0 Å². The number of nitrogens with zero attached hydrogens (tertiary/aromatic N) is 4. The first-order chi connectivity index (χ1) is 9.24. The molecule has 0 aromatic carbocycles. The molecule has 0 bridgehead atoms. The van der Waals surface area contributed by atoms with E-state index in [-0.39, 0.29) is 11.7 Å². The molecule has 0 N–H and O–H groups in total. The van der Waals surface area contributed by atoms with Crippen LogP contribution in [-0.4, -0.2) is 25.7 Å². The van der Waals surface area contributed by atoms with Crippen LogP contribution in [0.15, 0.2) is 16.9 Å². The number of carbonyl (C=O) groups is 1. The van der Waals surface area contributed by atoms with Gasteiger partial charge in [-0.3, -0.25) is 9.48 Å². The van der Waals surface area contributed by atoms with E-state index in [2.05, 4.69) is 15.2 Å². The Morgan fingerprint density at radius 2 is 2.26 bits per heavy atom. The van der Waals surface area contributed by atoms with E-state index >= 15 is 0 Å². The van der Waals surface area contributed by atoms with Gasteiger partial charge in [0, 0.05) is 19.7 Å². The molecule has 1 saturated carbocycles. The van der Waals surface area contributed by atoms with Gasteiger partial charge in [0.25, 0.3) is 0 Å². The van der Waals surface area contributed by atoms with Crippen LogP contribution in [0.4, 0.5) is 0 Å². The molecule has 6 nitrogen and oxygen atoms in total. The maximum absolute atomic E-state index is 12.0. The minimum Gasteiger partial charge on any atom is -0.338 e. The fourth-order valence-electron chi connectivity index (χ4n) is 2.45. The third kappa shape index (κ3) is 2.43. The van der Waals surface area contributed by atoms with Crippen molar-refractivity contribution in [2.75, 3.05) is 0 Å². The van der Waals surface area contributed by atoms with E-state index in [9.17, 15) is 4.79 Å². The molecule has 1 aliphatic carbocycles. The van der Waals surface area contributed by atoms with Crippen molar-refractivity contribution in [2.24, 2.45) is 7.05 Å². The molecule has 0 radical (unpaired) electrons. The maximum Gasteiger partial charge on any atom is 0.237 e. The largest absolute Gasteiger partial charge is 0.338 e. The first-order valence-corrected chi connectivity index (χ1v) is 6.59. The van der Waals surface area contributed by atoms with E-state index in [1.165, 1.54) is 0 Å². The molecule has 0 aliphatic heterocycles. The fraction of sp³-hybridized carbons (Fsp3) is 0.538. The quantitative estimate of drug-likeness (QED) is 0.773. The second kappa shape index (κ2) is 4.95. The Bertz CT molecular complexity index is 587. The van der Waals surface area contributed by atoms with Gasteiger partial charge < -0.3 is 4.52 Å². The summed E-state index contributed by atoms with van der Waals surface area (Å²) in [4.78, 5) is 16.4. The van der Waals surface area contributed by atoms with Crippen LogP contribution in [-0.2, 0) is 11.8 Å². The maximum atomic E-state index is 12.0. The number of aromatic nitrogens is 4. The Hall–Kier alpha value is -1.98. The summed E-state index contributed by atoms with van der Waals surface area (Å²) in [6.45, 7) is 0. The number of carbonyl (C=O) groups excluding carboxylic acids is 1. The van der Waals surface area contributed by atoms with Crippen LogP contribution in [0.3, 0.4) is 0 Å². The molecule has 2 aromatic heterocycles. The second-order valence-electron chi connectivity index (χ2n) is 4.98. The number of ketones is 1. The predicted molar refractivity (Wildman–Crippen MR) is 67.3 cm³/mol. The third-order valence-corrected chi connectivity index (χ3v) is 3.51. The average molecular weight is 260 g/mol. The smallest absolute Gasteiger partial charge is 0.237 e. The first-order valence-electron chi connectivity index (χ1n) is 6.59. The Kier molecular flexibility index (Phi) is 3.15. The Balaban J connectivity index is 1.86. The molecule has 3 rings (SSSR count). The van der Waals surface area contributed by atoms with E-state index < -0.39 is 0 Å². The van der Waals surface area contributed by atoms with E-state index in [0.717, 1.165) is 31.2 Å². The van der Waals surface area contributed by atoms with Crippen LogP contribution in [0, 0.1) is 0 Å². The van der Waals surface area contributed by atoms with Gasteiger partial charge in [-0.15, -0.1) is 0 Å². The standard InChI is InChI=1S/C13H16N4O2/c1-17-8-9(7-14-17)12-15-13(19-16-12)10-5-3-2-4-6-11(10)18/h7-8,10H,2-6H2,1H3. The lowest BCUT2D eigenvalue weighted by Gasteiger charge is -2.06. The van der Waals surface area contributed by atoms with Crippen molar-refractivity contribution in [3.8, 4) is 11.4 Å². The van der Waals surface area contributed by atoms with Gasteiger partial charge in [-0.05, 0) is 12.8 Å². The zero-order valence-corrected chi connectivity index (χ0v) is 10.9. The van der Waals surface area contributed by atoms with Gasteiger partial charge in [0.2, 0.25) is 11.7 Å². The third-order valence-electron chi connectivity index (χ3n) is 3.51. The van der Waals surface area contributed by atoms with Gasteiger partial charge in [-0.1, -0.05) is 18.0 Å². The first kappa shape index (κ1) is 12.1. The SMILES string of the molecule is Cn1cc(-c2noc(C3CCCCCC3=O)n2)cn1. The second-order valence-corrected chi connectivity index (χ2v) is 4.98. The van der Waals surface area contributed by atoms with E-state index in [1.807, 2.05) is 13.2 Å². The highest BCUT2D eigenvalue weighted by Crippen LogP contribution is 2.29. The van der Waals surface area contributed by atoms with Gasteiger partial charge in [-0.25, -0.2) is 0 Å². The molecule has 100 valence electrons. The molecular weight excluding hydrogens is 244 g/mol. The molecule has 1 fully saturated rings.